The van der Waals surface area contributed by atoms with E-state index in [-0.39, 0.29) is 64.2 Å². The zero-order valence-corrected chi connectivity index (χ0v) is 8.41. The van der Waals surface area contributed by atoms with Crippen LogP contribution < -0.4 is 51.4 Å². The molecule has 10 heavy (non-hydrogen) atoms. The summed E-state index contributed by atoms with van der Waals surface area (Å²) in [5, 5.41) is 25.4. The van der Waals surface area contributed by atoms with Crippen LogP contribution in [0, 0.1) is 22.7 Å². The van der Waals surface area contributed by atoms with E-state index in [1.165, 1.54) is 0 Å². The molecular formula is C4H2KN5. The van der Waals surface area contributed by atoms with E-state index in [2.05, 4.69) is 15.4 Å². The Bertz CT molecular complexity index is 266. The molecule has 1 N–H and O–H groups in total. The molecule has 0 saturated carbocycles. The van der Waals surface area contributed by atoms with E-state index in [0.29, 0.717) is 0 Å². The Morgan fingerprint density at radius 3 is 1.90 bits per heavy atom. The van der Waals surface area contributed by atoms with Gasteiger partial charge in [0.05, 0.1) is 0 Å². The average Bonchev–Trinajstić information content (AvgIpc) is 2.33. The zero-order valence-electron chi connectivity index (χ0n) is 6.29. The maximum absolute atomic E-state index is 8.21. The number of nitrogens with zero attached hydrogens (tertiary/aromatic N) is 4. The third-order valence-corrected chi connectivity index (χ3v) is 0.760. The molecule has 44 valence electrons. The quantitative estimate of drug-likeness (QED) is 0.401. The second-order valence-electron chi connectivity index (χ2n) is 1.24. The average molecular weight is 159 g/mol. The van der Waals surface area contributed by atoms with Gasteiger partial charge in [-0.25, -0.2) is 0 Å². The Morgan fingerprint density at radius 1 is 1.20 bits per heavy atom. The third kappa shape index (κ3) is 1.87. The van der Waals surface area contributed by atoms with Crippen LogP contribution in [0.3, 0.4) is 0 Å². The monoisotopic (exact) mass is 159 g/mol. The molecule has 5 nitrogen and oxygen atoms in total. The van der Waals surface area contributed by atoms with Crippen molar-refractivity contribution < 1.29 is 52.8 Å². The summed E-state index contributed by atoms with van der Waals surface area (Å²) in [4.78, 5) is 0. The Hall–Kier alpha value is -0.244. The van der Waals surface area contributed by atoms with Crippen LogP contribution in [-0.4, -0.2) is 15.4 Å². The maximum atomic E-state index is 8.21. The summed E-state index contributed by atoms with van der Waals surface area (Å²) in [6, 6.07) is 3.40. The van der Waals surface area contributed by atoms with E-state index in [0.717, 1.165) is 0 Å². The van der Waals surface area contributed by atoms with Gasteiger partial charge in [-0.3, -0.25) is 0 Å². The predicted molar refractivity (Wildman–Crippen MR) is 26.9 cm³/mol. The Balaban J connectivity index is 0. The summed E-state index contributed by atoms with van der Waals surface area (Å²) in [6.45, 7) is 0. The Kier molecular flexibility index (Phi) is 4.44. The molecule has 0 radical (unpaired) electrons. The summed E-state index contributed by atoms with van der Waals surface area (Å²) in [5.74, 6) is 0. The van der Waals surface area contributed by atoms with Gasteiger partial charge in [0.2, 0.25) is 11.4 Å². The van der Waals surface area contributed by atoms with Gasteiger partial charge in [-0.05, 0) is 0 Å². The van der Waals surface area contributed by atoms with Crippen LogP contribution >= 0.6 is 0 Å². The number of H-pyrrole nitrogens is 1. The molecule has 0 fully saturated rings. The largest absolute Gasteiger partial charge is 1.00 e. The van der Waals surface area contributed by atoms with Crippen LogP contribution in [0.1, 0.15) is 12.8 Å². The van der Waals surface area contributed by atoms with Crippen LogP contribution in [0.15, 0.2) is 0 Å². The molecule has 0 aliphatic carbocycles. The van der Waals surface area contributed by atoms with Crippen LogP contribution in [0.4, 0.5) is 0 Å². The van der Waals surface area contributed by atoms with Crippen molar-refractivity contribution in [3.8, 4) is 12.1 Å². The molecule has 1 aromatic rings. The summed E-state index contributed by atoms with van der Waals surface area (Å²) >= 11 is 0. The van der Waals surface area contributed by atoms with Gasteiger partial charge in [-0.1, -0.05) is 0 Å². The number of aromatic nitrogens is 3. The molecule has 0 aliphatic rings. The first-order valence-electron chi connectivity index (χ1n) is 2.09. The molecule has 1 heterocycles. The van der Waals surface area contributed by atoms with Gasteiger partial charge in [0, 0.05) is 0 Å². The molecule has 0 aliphatic heterocycles. The van der Waals surface area contributed by atoms with Crippen molar-refractivity contribution in [3.63, 3.8) is 0 Å². The van der Waals surface area contributed by atoms with Crippen molar-refractivity contribution in [2.24, 2.45) is 0 Å². The van der Waals surface area contributed by atoms with Crippen LogP contribution in [0.25, 0.3) is 0 Å². The van der Waals surface area contributed by atoms with E-state index in [1.54, 1.807) is 12.1 Å². The second-order valence-corrected chi connectivity index (χ2v) is 1.24. The number of hydrogen-bond acceptors (Lipinski definition) is 4. The molecule has 1 aromatic heterocycles. The van der Waals surface area contributed by atoms with Crippen LogP contribution in [0.2, 0.25) is 0 Å². The van der Waals surface area contributed by atoms with Crippen LogP contribution in [0.5, 0.6) is 0 Å². The Morgan fingerprint density at radius 2 is 1.60 bits per heavy atom. The fourth-order valence-electron chi connectivity index (χ4n) is 0.387. The van der Waals surface area contributed by atoms with Crippen molar-refractivity contribution in [1.82, 2.24) is 15.4 Å². The minimum Gasteiger partial charge on any atom is -1.00 e. The van der Waals surface area contributed by atoms with Gasteiger partial charge < -0.3 is 1.43 Å². The minimum absolute atomic E-state index is 0. The van der Waals surface area contributed by atoms with Gasteiger partial charge in [-0.2, -0.15) is 15.7 Å². The summed E-state index contributed by atoms with van der Waals surface area (Å²) in [6.07, 6.45) is 0. The van der Waals surface area contributed by atoms with Crippen molar-refractivity contribution in [2.75, 3.05) is 0 Å². The first-order valence-corrected chi connectivity index (χ1v) is 2.09. The maximum Gasteiger partial charge on any atom is 1.00 e. The molecular weight excluding hydrogens is 157 g/mol. The van der Waals surface area contributed by atoms with E-state index in [1.807, 2.05) is 0 Å². The molecule has 0 saturated heterocycles. The number of rotatable bonds is 0. The first kappa shape index (κ1) is 9.76. The van der Waals surface area contributed by atoms with Gasteiger partial charge in [-0.15, -0.1) is 10.2 Å². The molecule has 0 aromatic carbocycles. The van der Waals surface area contributed by atoms with Crippen LogP contribution in [-0.2, 0) is 0 Å². The second kappa shape index (κ2) is 4.55. The van der Waals surface area contributed by atoms with Crippen molar-refractivity contribution >= 4 is 0 Å². The summed E-state index contributed by atoms with van der Waals surface area (Å²) < 4.78 is 0. The topological polar surface area (TPSA) is 89.2 Å². The van der Waals surface area contributed by atoms with Gasteiger partial charge in [0.25, 0.3) is 0 Å². The summed E-state index contributed by atoms with van der Waals surface area (Å²) in [7, 11) is 0. The molecule has 0 amide bonds. The third-order valence-electron chi connectivity index (χ3n) is 0.760. The van der Waals surface area contributed by atoms with Gasteiger partial charge in [0.15, 0.2) is 0 Å². The normalized spacial score (nSPS) is 7.00. The van der Waals surface area contributed by atoms with E-state index >= 15 is 0 Å². The molecule has 6 heteroatoms. The van der Waals surface area contributed by atoms with Crippen molar-refractivity contribution in [2.45, 2.75) is 0 Å². The molecule has 0 unspecified atom stereocenters. The SMILES string of the molecule is N#Cc1n[nH]nc1C#N.[H-].[K+]. The molecule has 0 spiro atoms. The number of nitrogens with one attached hydrogen (secondary N) is 1. The fourth-order valence-corrected chi connectivity index (χ4v) is 0.387. The van der Waals surface area contributed by atoms with E-state index in [4.69, 9.17) is 10.5 Å². The summed E-state index contributed by atoms with van der Waals surface area (Å²) in [5.41, 5.74) is 0.0787. The van der Waals surface area contributed by atoms with Gasteiger partial charge >= 0.3 is 51.4 Å². The number of nitriles is 2. The smallest absolute Gasteiger partial charge is 1.00 e. The van der Waals surface area contributed by atoms with E-state index < -0.39 is 0 Å². The zero-order chi connectivity index (χ0) is 6.69. The van der Waals surface area contributed by atoms with Gasteiger partial charge in [0.1, 0.15) is 12.1 Å². The predicted octanol–water partition coefficient (Wildman–Crippen LogP) is -3.34. The molecule has 0 atom stereocenters. The fraction of sp³-hybridized carbons (Fsp3) is 0. The van der Waals surface area contributed by atoms with Crippen molar-refractivity contribution in [1.29, 1.82) is 10.5 Å². The number of hydrogen-bond donors (Lipinski definition) is 1. The van der Waals surface area contributed by atoms with E-state index in [9.17, 15) is 0 Å². The molecule has 1 rings (SSSR count). The van der Waals surface area contributed by atoms with Crippen molar-refractivity contribution in [3.05, 3.63) is 11.4 Å². The molecule has 0 bridgehead atoms. The number of aromatic amines is 1. The Labute approximate surface area is 101 Å². The minimum atomic E-state index is 0. The first-order chi connectivity index (χ1) is 4.38. The standard InChI is InChI=1S/C4HN5.K.H/c5-1-3-4(2-6)8-9-7-3;;/h(H,7,8,9);;/q;+1;-1.